The quantitative estimate of drug-likeness (QED) is 0.203. The molecule has 0 amide bonds. The fraction of sp³-hybridized carbons (Fsp3) is 0.0588. The molecule has 3 aromatic rings. The maximum atomic E-state index is 11.7. The normalized spacial score (nSPS) is 12.8. The van der Waals surface area contributed by atoms with Gasteiger partial charge in [-0.05, 0) is 48.9 Å². The third kappa shape index (κ3) is 5.40. The van der Waals surface area contributed by atoms with Crippen LogP contribution in [0.25, 0.3) is 5.69 Å². The highest BCUT2D eigenvalue weighted by Gasteiger charge is 2.26. The number of aromatic hydroxyl groups is 1. The molecule has 0 aliphatic heterocycles. The second kappa shape index (κ2) is 9.04. The van der Waals surface area contributed by atoms with Crippen LogP contribution in [-0.2, 0) is 30.4 Å². The lowest BCUT2D eigenvalue weighted by molar-refractivity contribution is 0.0690. The molecule has 3 rings (SSSR count). The summed E-state index contributed by atoms with van der Waals surface area (Å²) in [6.07, 6.45) is 0. The molecule has 36 heavy (non-hydrogen) atoms. The van der Waals surface area contributed by atoms with Crippen LogP contribution in [0.3, 0.4) is 0 Å². The molecular formula is C17H14N4O12S3. The van der Waals surface area contributed by atoms with Crippen LogP contribution in [0.2, 0.25) is 0 Å². The number of rotatable bonds is 7. The zero-order valence-corrected chi connectivity index (χ0v) is 20.0. The van der Waals surface area contributed by atoms with E-state index in [1.807, 2.05) is 0 Å². The number of carboxylic acid groups (broad SMARTS) is 1. The number of nitrogens with zero attached hydrogens (tertiary/aromatic N) is 4. The van der Waals surface area contributed by atoms with E-state index >= 15 is 0 Å². The Kier molecular flexibility index (Phi) is 6.74. The molecular weight excluding hydrogens is 548 g/mol. The van der Waals surface area contributed by atoms with Crippen molar-refractivity contribution in [1.82, 2.24) is 9.78 Å². The monoisotopic (exact) mass is 562 g/mol. The van der Waals surface area contributed by atoms with Gasteiger partial charge in [0, 0.05) is 0 Å². The summed E-state index contributed by atoms with van der Waals surface area (Å²) in [6, 6.07) is 5.18. The fourth-order valence-corrected chi connectivity index (χ4v) is 4.79. The van der Waals surface area contributed by atoms with Gasteiger partial charge in [0.25, 0.3) is 30.4 Å². The van der Waals surface area contributed by atoms with Gasteiger partial charge < -0.3 is 10.2 Å². The number of azo groups is 1. The van der Waals surface area contributed by atoms with Crippen LogP contribution < -0.4 is 0 Å². The summed E-state index contributed by atoms with van der Waals surface area (Å²) in [7, 11) is -14.4. The molecule has 19 heteroatoms. The third-order valence-corrected chi connectivity index (χ3v) is 7.23. The molecule has 0 aliphatic rings. The van der Waals surface area contributed by atoms with Gasteiger partial charge in [-0.25, -0.2) is 4.79 Å². The molecule has 0 unspecified atom stereocenters. The van der Waals surface area contributed by atoms with E-state index in [0.717, 1.165) is 31.2 Å². The van der Waals surface area contributed by atoms with E-state index in [1.165, 1.54) is 0 Å². The van der Waals surface area contributed by atoms with Crippen LogP contribution >= 0.6 is 0 Å². The van der Waals surface area contributed by atoms with Gasteiger partial charge in [-0.3, -0.25) is 13.7 Å². The van der Waals surface area contributed by atoms with Crippen molar-refractivity contribution in [3.05, 3.63) is 47.7 Å². The Morgan fingerprint density at radius 2 is 1.42 bits per heavy atom. The SMILES string of the molecule is Cc1cc(S(=O)(=O)O)c(N=Nc2c(C(=O)O)nn(-c3ccc(S(=O)(=O)O)cc3)c2O)cc1S(=O)(=O)O. The van der Waals surface area contributed by atoms with Gasteiger partial charge in [0.15, 0.2) is 5.69 Å². The number of hydrogen-bond donors (Lipinski definition) is 5. The molecule has 1 aromatic heterocycles. The topological polar surface area (TPSA) is 263 Å². The second-order valence-corrected chi connectivity index (χ2v) is 11.1. The highest BCUT2D eigenvalue weighted by Crippen LogP contribution is 2.36. The molecule has 0 atom stereocenters. The molecule has 0 spiro atoms. The first kappa shape index (κ1) is 26.8. The number of hydrogen-bond acceptors (Lipinski definition) is 11. The van der Waals surface area contributed by atoms with Crippen molar-refractivity contribution in [3.63, 3.8) is 0 Å². The van der Waals surface area contributed by atoms with Crippen LogP contribution in [0.15, 0.2) is 61.3 Å². The average Bonchev–Trinajstić information content (AvgIpc) is 3.07. The van der Waals surface area contributed by atoms with E-state index in [-0.39, 0.29) is 11.3 Å². The first-order chi connectivity index (χ1) is 16.4. The highest BCUT2D eigenvalue weighted by atomic mass is 32.2. The largest absolute Gasteiger partial charge is 0.492 e. The Morgan fingerprint density at radius 3 is 1.89 bits per heavy atom. The van der Waals surface area contributed by atoms with Crippen molar-refractivity contribution in [2.24, 2.45) is 10.2 Å². The second-order valence-electron chi connectivity index (χ2n) is 6.94. The van der Waals surface area contributed by atoms with Crippen LogP contribution in [0.4, 0.5) is 11.4 Å². The van der Waals surface area contributed by atoms with Crippen LogP contribution in [0.1, 0.15) is 16.1 Å². The molecule has 192 valence electrons. The smallest absolute Gasteiger partial charge is 0.358 e. The van der Waals surface area contributed by atoms with Crippen molar-refractivity contribution >= 4 is 47.7 Å². The molecule has 0 bridgehead atoms. The van der Waals surface area contributed by atoms with Gasteiger partial charge in [0.2, 0.25) is 11.6 Å². The summed E-state index contributed by atoms with van der Waals surface area (Å²) < 4.78 is 97.4. The molecule has 16 nitrogen and oxygen atoms in total. The number of carbonyl (C=O) groups is 1. The Balaban J connectivity index is 2.21. The standard InChI is InChI=1S/C17H14N4O12S3/c1-8-6-13(36(31,32)33)11(7-12(8)35(28,29)30)18-19-14-15(17(23)24)20-21(16(14)22)9-2-4-10(5-3-9)34(25,26)27/h2-7,22H,1H3,(H,23,24)(H,25,26,27)(H,28,29,30)(H,31,32,33). The van der Waals surface area contributed by atoms with Crippen molar-refractivity contribution in [2.75, 3.05) is 0 Å². The molecule has 0 aliphatic carbocycles. The summed E-state index contributed by atoms with van der Waals surface area (Å²) in [5.74, 6) is -2.70. The van der Waals surface area contributed by atoms with Crippen molar-refractivity contribution in [1.29, 1.82) is 0 Å². The van der Waals surface area contributed by atoms with Gasteiger partial charge in [-0.15, -0.1) is 10.2 Å². The van der Waals surface area contributed by atoms with E-state index in [9.17, 15) is 49.4 Å². The lowest BCUT2D eigenvalue weighted by Crippen LogP contribution is -2.05. The fourth-order valence-electron chi connectivity index (χ4n) is 2.89. The van der Waals surface area contributed by atoms with Gasteiger partial charge >= 0.3 is 5.97 Å². The Labute approximate surface area is 202 Å². The Hall–Kier alpha value is -3.75. The molecule has 0 fully saturated rings. The summed E-state index contributed by atoms with van der Waals surface area (Å²) in [5.41, 5.74) is -2.95. The van der Waals surface area contributed by atoms with E-state index in [4.69, 9.17) is 4.55 Å². The summed E-state index contributed by atoms with van der Waals surface area (Å²) in [5, 5.41) is 30.4. The minimum atomic E-state index is -5.01. The van der Waals surface area contributed by atoms with Crippen LogP contribution in [0.5, 0.6) is 5.88 Å². The number of aryl methyl sites for hydroxylation is 1. The van der Waals surface area contributed by atoms with Gasteiger partial charge in [0.05, 0.1) is 15.5 Å². The average molecular weight is 563 g/mol. The van der Waals surface area contributed by atoms with E-state index in [0.29, 0.717) is 16.8 Å². The van der Waals surface area contributed by atoms with Crippen LogP contribution in [0, 0.1) is 6.92 Å². The number of carboxylic acids is 1. The van der Waals surface area contributed by atoms with E-state index in [1.54, 1.807) is 0 Å². The molecule has 1 heterocycles. The minimum Gasteiger partial charge on any atom is -0.492 e. The van der Waals surface area contributed by atoms with Crippen molar-refractivity contribution in [3.8, 4) is 11.6 Å². The Morgan fingerprint density at radius 1 is 0.861 bits per heavy atom. The van der Waals surface area contributed by atoms with Crippen molar-refractivity contribution in [2.45, 2.75) is 21.6 Å². The molecule has 2 aromatic carbocycles. The zero-order valence-electron chi connectivity index (χ0n) is 17.6. The highest BCUT2D eigenvalue weighted by molar-refractivity contribution is 7.86. The number of benzene rings is 2. The van der Waals surface area contributed by atoms with Gasteiger partial charge in [-0.1, -0.05) is 0 Å². The number of aromatic nitrogens is 2. The minimum absolute atomic E-state index is 0.0912. The van der Waals surface area contributed by atoms with E-state index in [2.05, 4.69) is 15.3 Å². The predicted octanol–water partition coefficient (Wildman–Crippen LogP) is 1.74. The lowest BCUT2D eigenvalue weighted by atomic mass is 10.2. The third-order valence-electron chi connectivity index (χ3n) is 4.49. The molecule has 5 N–H and O–H groups in total. The summed E-state index contributed by atoms with van der Waals surface area (Å²) in [4.78, 5) is 9.38. The first-order valence-corrected chi connectivity index (χ1v) is 13.4. The van der Waals surface area contributed by atoms with Gasteiger partial charge in [-0.2, -0.15) is 35.0 Å². The molecule has 0 radical (unpaired) electrons. The maximum Gasteiger partial charge on any atom is 0.358 e. The Bertz CT molecular complexity index is 1740. The zero-order chi connectivity index (χ0) is 27.2. The van der Waals surface area contributed by atoms with Crippen LogP contribution in [-0.4, -0.2) is 64.9 Å². The number of aromatic carboxylic acids is 1. The lowest BCUT2D eigenvalue weighted by Gasteiger charge is -2.07. The van der Waals surface area contributed by atoms with Gasteiger partial charge in [0.1, 0.15) is 10.6 Å². The van der Waals surface area contributed by atoms with E-state index < -0.39 is 74.0 Å². The predicted molar refractivity (Wildman–Crippen MR) is 117 cm³/mol. The first-order valence-electron chi connectivity index (χ1n) is 9.06. The maximum absolute atomic E-state index is 11.7. The molecule has 0 saturated heterocycles. The van der Waals surface area contributed by atoms with Crippen molar-refractivity contribution < 1.29 is 53.9 Å². The summed E-state index contributed by atoms with van der Waals surface area (Å²) in [6.45, 7) is 1.12. The molecule has 0 saturated carbocycles. The summed E-state index contributed by atoms with van der Waals surface area (Å²) >= 11 is 0.